The number of rotatable bonds is 6. The van der Waals surface area contributed by atoms with Crippen LogP contribution in [0.25, 0.3) is 44.4 Å². The molecule has 0 bridgehead atoms. The summed E-state index contributed by atoms with van der Waals surface area (Å²) in [5.74, 6) is 0.142. The summed E-state index contributed by atoms with van der Waals surface area (Å²) < 4.78 is 27.6. The van der Waals surface area contributed by atoms with Crippen molar-refractivity contribution in [3.05, 3.63) is 106 Å². The van der Waals surface area contributed by atoms with E-state index in [0.29, 0.717) is 45.6 Å². The number of aromatic nitrogens is 4. The molecule has 0 fully saturated rings. The van der Waals surface area contributed by atoms with E-state index in [9.17, 15) is 9.18 Å². The summed E-state index contributed by atoms with van der Waals surface area (Å²) in [6, 6.07) is 20.1. The molecule has 0 spiro atoms. The maximum atomic E-state index is 14.3. The first-order chi connectivity index (χ1) is 19.0. The molecule has 0 aliphatic rings. The van der Waals surface area contributed by atoms with Gasteiger partial charge in [-0.2, -0.15) is 5.10 Å². The molecule has 6 aromatic rings. The molecule has 3 heterocycles. The molecule has 6 rings (SSSR count). The lowest BCUT2D eigenvalue weighted by molar-refractivity contribution is 0.185. The number of halogens is 1. The predicted octanol–water partition coefficient (Wildman–Crippen LogP) is 5.74. The predicted molar refractivity (Wildman–Crippen MR) is 148 cm³/mol. The van der Waals surface area contributed by atoms with Gasteiger partial charge in [0.15, 0.2) is 5.65 Å². The minimum absolute atomic E-state index is 0.259. The molecule has 2 N–H and O–H groups in total. The van der Waals surface area contributed by atoms with Crippen molar-refractivity contribution in [2.45, 2.75) is 19.6 Å². The molecule has 9 heteroatoms. The van der Waals surface area contributed by atoms with Crippen LogP contribution in [0.2, 0.25) is 0 Å². The Labute approximate surface area is 222 Å². The second-order valence-electron chi connectivity index (χ2n) is 9.24. The number of fused-ring (bicyclic) bond motifs is 2. The minimum atomic E-state index is -0.617. The molecule has 0 amide bonds. The van der Waals surface area contributed by atoms with E-state index in [-0.39, 0.29) is 16.8 Å². The summed E-state index contributed by atoms with van der Waals surface area (Å²) >= 11 is 0. The zero-order valence-corrected chi connectivity index (χ0v) is 21.3. The quantitative estimate of drug-likeness (QED) is 0.297. The van der Waals surface area contributed by atoms with Crippen LogP contribution >= 0.6 is 0 Å². The Morgan fingerprint density at radius 1 is 1.03 bits per heavy atom. The van der Waals surface area contributed by atoms with Gasteiger partial charge < -0.3 is 14.9 Å². The highest BCUT2D eigenvalue weighted by Gasteiger charge is 2.27. The summed E-state index contributed by atoms with van der Waals surface area (Å²) in [6.07, 6.45) is 1.37. The average molecular weight is 522 g/mol. The van der Waals surface area contributed by atoms with Crippen molar-refractivity contribution in [3.8, 4) is 22.4 Å². The lowest BCUT2D eigenvalue weighted by Crippen LogP contribution is -2.16. The minimum Gasteiger partial charge on any atom is -0.458 e. The first-order valence-corrected chi connectivity index (χ1v) is 12.3. The van der Waals surface area contributed by atoms with Crippen molar-refractivity contribution in [2.75, 3.05) is 12.8 Å². The number of benzene rings is 3. The fourth-order valence-corrected chi connectivity index (χ4v) is 4.92. The lowest BCUT2D eigenvalue weighted by Gasteiger charge is -2.17. The average Bonchev–Trinajstić information content (AvgIpc) is 3.34. The molecule has 39 heavy (non-hydrogen) atoms. The maximum absolute atomic E-state index is 14.3. The molecule has 1 atom stereocenters. The van der Waals surface area contributed by atoms with Gasteiger partial charge in [-0.3, -0.25) is 4.79 Å². The van der Waals surface area contributed by atoms with E-state index in [1.807, 2.05) is 31.2 Å². The number of hydrogen-bond donors (Lipinski definition) is 1. The Hall–Kier alpha value is -4.89. The topological polar surface area (TPSA) is 109 Å². The van der Waals surface area contributed by atoms with Crippen LogP contribution in [0.1, 0.15) is 24.3 Å². The summed E-state index contributed by atoms with van der Waals surface area (Å²) in [4.78, 5) is 22.5. The molecule has 0 radical (unpaired) electrons. The Morgan fingerprint density at radius 2 is 1.82 bits per heavy atom. The van der Waals surface area contributed by atoms with Gasteiger partial charge in [0.25, 0.3) is 0 Å². The van der Waals surface area contributed by atoms with Crippen LogP contribution in [0.15, 0.2) is 88.3 Å². The number of nitrogens with two attached hydrogens (primary N) is 1. The zero-order chi connectivity index (χ0) is 27.1. The van der Waals surface area contributed by atoms with E-state index < -0.39 is 11.9 Å². The van der Waals surface area contributed by atoms with Crippen LogP contribution in [-0.4, -0.2) is 26.9 Å². The summed E-state index contributed by atoms with van der Waals surface area (Å²) in [5, 5.41) is 5.90. The molecule has 3 aromatic carbocycles. The van der Waals surface area contributed by atoms with E-state index in [0.717, 1.165) is 11.1 Å². The molecule has 194 valence electrons. The maximum Gasteiger partial charge on any atom is 0.200 e. The Balaban J connectivity index is 1.62. The summed E-state index contributed by atoms with van der Waals surface area (Å²) in [5.41, 5.74) is 10.0. The van der Waals surface area contributed by atoms with Gasteiger partial charge in [0.1, 0.15) is 41.0 Å². The standard InChI is InChI=1S/C30H24FN5O3/c1-17(28-24(19-8-6-10-21(31)14-19)27(37)22-11-3-4-12-23(22)39-28)36-30-25(29(32)33-16-34-30)26(35-36)20-9-5-7-18(13-20)15-38-2/h3-14,16-17H,15H2,1-2H3,(H2,32,33,34). The van der Waals surface area contributed by atoms with Crippen molar-refractivity contribution in [1.29, 1.82) is 0 Å². The van der Waals surface area contributed by atoms with E-state index >= 15 is 0 Å². The Bertz CT molecular complexity index is 1910. The van der Waals surface area contributed by atoms with E-state index in [1.165, 1.54) is 18.5 Å². The van der Waals surface area contributed by atoms with Crippen molar-refractivity contribution >= 4 is 27.8 Å². The molecule has 0 aliphatic heterocycles. The largest absolute Gasteiger partial charge is 0.458 e. The third kappa shape index (κ3) is 4.22. The smallest absolute Gasteiger partial charge is 0.200 e. The van der Waals surface area contributed by atoms with E-state index in [4.69, 9.17) is 20.0 Å². The zero-order valence-electron chi connectivity index (χ0n) is 21.3. The third-order valence-electron chi connectivity index (χ3n) is 6.71. The molecule has 0 saturated heterocycles. The van der Waals surface area contributed by atoms with Gasteiger partial charge in [0, 0.05) is 12.7 Å². The number of nitrogen functional groups attached to an aromatic ring is 1. The van der Waals surface area contributed by atoms with Crippen LogP contribution in [0, 0.1) is 5.82 Å². The molecular weight excluding hydrogens is 497 g/mol. The molecule has 3 aromatic heterocycles. The lowest BCUT2D eigenvalue weighted by atomic mass is 9.99. The van der Waals surface area contributed by atoms with Gasteiger partial charge in [0.2, 0.25) is 5.43 Å². The highest BCUT2D eigenvalue weighted by atomic mass is 19.1. The summed E-state index contributed by atoms with van der Waals surface area (Å²) in [7, 11) is 1.64. The fourth-order valence-electron chi connectivity index (χ4n) is 4.92. The van der Waals surface area contributed by atoms with Crippen molar-refractivity contribution in [1.82, 2.24) is 19.7 Å². The number of hydrogen-bond acceptors (Lipinski definition) is 7. The second-order valence-corrected chi connectivity index (χ2v) is 9.24. The SMILES string of the molecule is COCc1cccc(-c2nn(C(C)c3oc4ccccc4c(=O)c3-c3cccc(F)c3)c3ncnc(N)c23)c1. The molecule has 0 saturated carbocycles. The van der Waals surface area contributed by atoms with Gasteiger partial charge in [-0.1, -0.05) is 42.5 Å². The van der Waals surface area contributed by atoms with Crippen LogP contribution in [-0.2, 0) is 11.3 Å². The molecule has 1 unspecified atom stereocenters. The summed E-state index contributed by atoms with van der Waals surface area (Å²) in [6.45, 7) is 2.29. The number of methoxy groups -OCH3 is 1. The second kappa shape index (κ2) is 9.77. The Kier molecular flexibility index (Phi) is 6.12. The van der Waals surface area contributed by atoms with Crippen LogP contribution in [0.5, 0.6) is 0 Å². The third-order valence-corrected chi connectivity index (χ3v) is 6.71. The van der Waals surface area contributed by atoms with Crippen molar-refractivity contribution in [3.63, 3.8) is 0 Å². The van der Waals surface area contributed by atoms with Gasteiger partial charge in [-0.25, -0.2) is 19.0 Å². The van der Waals surface area contributed by atoms with Crippen molar-refractivity contribution < 1.29 is 13.5 Å². The highest BCUT2D eigenvalue weighted by Crippen LogP contribution is 2.36. The van der Waals surface area contributed by atoms with Gasteiger partial charge in [-0.05, 0) is 48.4 Å². The first kappa shape index (κ1) is 24.4. The highest BCUT2D eigenvalue weighted by molar-refractivity contribution is 5.98. The van der Waals surface area contributed by atoms with Crippen LogP contribution in [0.3, 0.4) is 0 Å². The van der Waals surface area contributed by atoms with Gasteiger partial charge in [-0.15, -0.1) is 0 Å². The molecule has 8 nitrogen and oxygen atoms in total. The molecular formula is C30H24FN5O3. The number of ether oxygens (including phenoxy) is 1. The number of nitrogens with zero attached hydrogens (tertiary/aromatic N) is 4. The van der Waals surface area contributed by atoms with Gasteiger partial charge in [0.05, 0.1) is 22.9 Å². The monoisotopic (exact) mass is 521 g/mol. The normalized spacial score (nSPS) is 12.3. The van der Waals surface area contributed by atoms with Crippen molar-refractivity contribution in [2.24, 2.45) is 0 Å². The number of para-hydroxylation sites is 1. The molecule has 0 aliphatic carbocycles. The van der Waals surface area contributed by atoms with E-state index in [1.54, 1.807) is 48.2 Å². The van der Waals surface area contributed by atoms with Crippen LogP contribution in [0.4, 0.5) is 10.2 Å². The van der Waals surface area contributed by atoms with Crippen LogP contribution < -0.4 is 11.2 Å². The van der Waals surface area contributed by atoms with E-state index in [2.05, 4.69) is 9.97 Å². The number of anilines is 1. The van der Waals surface area contributed by atoms with Gasteiger partial charge >= 0.3 is 0 Å². The first-order valence-electron chi connectivity index (χ1n) is 12.3. The fraction of sp³-hybridized carbons (Fsp3) is 0.133. The Morgan fingerprint density at radius 3 is 2.64 bits per heavy atom.